The van der Waals surface area contributed by atoms with Gasteiger partial charge in [-0.3, -0.25) is 9.78 Å². The van der Waals surface area contributed by atoms with Crippen LogP contribution < -0.4 is 0 Å². The van der Waals surface area contributed by atoms with Crippen LogP contribution in [-0.4, -0.2) is 28.4 Å². The van der Waals surface area contributed by atoms with Gasteiger partial charge in [0.1, 0.15) is 0 Å². The maximum absolute atomic E-state index is 12.5. The van der Waals surface area contributed by atoms with Crippen LogP contribution >= 0.6 is 15.9 Å². The SMILES string of the molecule is CCN(C(=O)c1cncc(Br)c1)C1CCCCC1. The molecule has 4 heteroatoms. The van der Waals surface area contributed by atoms with E-state index in [4.69, 9.17) is 0 Å². The van der Waals surface area contributed by atoms with Gasteiger partial charge in [-0.05, 0) is 41.8 Å². The summed E-state index contributed by atoms with van der Waals surface area (Å²) < 4.78 is 0.855. The van der Waals surface area contributed by atoms with Gasteiger partial charge in [0.05, 0.1) is 5.56 Å². The summed E-state index contributed by atoms with van der Waals surface area (Å²) in [4.78, 5) is 18.6. The monoisotopic (exact) mass is 310 g/mol. The van der Waals surface area contributed by atoms with Gasteiger partial charge in [-0.1, -0.05) is 19.3 Å². The minimum atomic E-state index is 0.109. The highest BCUT2D eigenvalue weighted by molar-refractivity contribution is 9.10. The van der Waals surface area contributed by atoms with Crippen LogP contribution in [0.5, 0.6) is 0 Å². The van der Waals surface area contributed by atoms with E-state index in [1.54, 1.807) is 12.4 Å². The van der Waals surface area contributed by atoms with E-state index in [1.165, 1.54) is 19.3 Å². The highest BCUT2D eigenvalue weighted by Gasteiger charge is 2.25. The molecule has 3 nitrogen and oxygen atoms in total. The van der Waals surface area contributed by atoms with Crippen molar-refractivity contribution in [2.24, 2.45) is 0 Å². The Labute approximate surface area is 117 Å². The fourth-order valence-corrected chi connectivity index (χ4v) is 3.02. The van der Waals surface area contributed by atoms with Gasteiger partial charge in [0.2, 0.25) is 0 Å². The average molecular weight is 311 g/mol. The lowest BCUT2D eigenvalue weighted by atomic mass is 9.94. The van der Waals surface area contributed by atoms with Crippen molar-refractivity contribution in [3.8, 4) is 0 Å². The summed E-state index contributed by atoms with van der Waals surface area (Å²) in [6, 6.07) is 2.26. The number of rotatable bonds is 3. The molecular weight excluding hydrogens is 292 g/mol. The van der Waals surface area contributed by atoms with Crippen molar-refractivity contribution in [2.75, 3.05) is 6.54 Å². The molecule has 0 spiro atoms. The molecule has 1 aromatic heterocycles. The van der Waals surface area contributed by atoms with E-state index in [1.807, 2.05) is 11.0 Å². The molecule has 0 radical (unpaired) electrons. The van der Waals surface area contributed by atoms with E-state index in [-0.39, 0.29) is 5.91 Å². The highest BCUT2D eigenvalue weighted by atomic mass is 79.9. The zero-order chi connectivity index (χ0) is 13.0. The molecule has 0 aliphatic heterocycles. The molecule has 1 heterocycles. The number of pyridine rings is 1. The molecule has 0 aromatic carbocycles. The largest absolute Gasteiger partial charge is 0.336 e. The Hall–Kier alpha value is -0.900. The first-order valence-electron chi connectivity index (χ1n) is 6.64. The van der Waals surface area contributed by atoms with Crippen molar-refractivity contribution in [1.82, 2.24) is 9.88 Å². The van der Waals surface area contributed by atoms with Crippen LogP contribution in [0, 0.1) is 0 Å². The Morgan fingerprint density at radius 1 is 1.39 bits per heavy atom. The molecule has 1 aliphatic rings. The van der Waals surface area contributed by atoms with Crippen molar-refractivity contribution in [3.05, 3.63) is 28.5 Å². The Kier molecular flexibility index (Phi) is 4.75. The Morgan fingerprint density at radius 2 is 2.11 bits per heavy atom. The first-order chi connectivity index (χ1) is 8.72. The predicted molar refractivity (Wildman–Crippen MR) is 75.5 cm³/mol. The van der Waals surface area contributed by atoms with Crippen molar-refractivity contribution < 1.29 is 4.79 Å². The molecule has 1 aromatic rings. The lowest BCUT2D eigenvalue weighted by Crippen LogP contribution is -2.41. The van der Waals surface area contributed by atoms with Gasteiger partial charge < -0.3 is 4.90 Å². The summed E-state index contributed by atoms with van der Waals surface area (Å²) in [5.41, 5.74) is 0.678. The van der Waals surface area contributed by atoms with Crippen molar-refractivity contribution in [1.29, 1.82) is 0 Å². The van der Waals surface area contributed by atoms with E-state index in [0.29, 0.717) is 11.6 Å². The van der Waals surface area contributed by atoms with E-state index in [9.17, 15) is 4.79 Å². The van der Waals surface area contributed by atoms with Crippen LogP contribution in [0.25, 0.3) is 0 Å². The topological polar surface area (TPSA) is 33.2 Å². The van der Waals surface area contributed by atoms with Crippen LogP contribution in [0.1, 0.15) is 49.4 Å². The molecule has 0 N–H and O–H groups in total. The second-order valence-corrected chi connectivity index (χ2v) is 5.69. The summed E-state index contributed by atoms with van der Waals surface area (Å²) in [5, 5.41) is 0. The molecule has 1 saturated carbocycles. The normalized spacial score (nSPS) is 16.6. The number of halogens is 1. The number of hydrogen-bond acceptors (Lipinski definition) is 2. The van der Waals surface area contributed by atoms with Crippen LogP contribution in [0.3, 0.4) is 0 Å². The number of aromatic nitrogens is 1. The average Bonchev–Trinajstić information content (AvgIpc) is 2.41. The zero-order valence-corrected chi connectivity index (χ0v) is 12.3. The van der Waals surface area contributed by atoms with Crippen LogP contribution in [0.4, 0.5) is 0 Å². The third-order valence-electron chi connectivity index (χ3n) is 3.57. The van der Waals surface area contributed by atoms with Gasteiger partial charge in [0.25, 0.3) is 5.91 Å². The zero-order valence-electron chi connectivity index (χ0n) is 10.7. The first-order valence-corrected chi connectivity index (χ1v) is 7.43. The molecule has 1 amide bonds. The van der Waals surface area contributed by atoms with Gasteiger partial charge >= 0.3 is 0 Å². The van der Waals surface area contributed by atoms with Crippen molar-refractivity contribution in [2.45, 2.75) is 45.1 Å². The third-order valence-corrected chi connectivity index (χ3v) is 4.00. The highest BCUT2D eigenvalue weighted by Crippen LogP contribution is 2.24. The van der Waals surface area contributed by atoms with Gasteiger partial charge in [-0.2, -0.15) is 0 Å². The van der Waals surface area contributed by atoms with Gasteiger partial charge in [0, 0.05) is 29.5 Å². The lowest BCUT2D eigenvalue weighted by Gasteiger charge is -2.33. The van der Waals surface area contributed by atoms with E-state index < -0.39 is 0 Å². The molecule has 0 unspecified atom stereocenters. The summed E-state index contributed by atoms with van der Waals surface area (Å²) in [7, 11) is 0. The minimum absolute atomic E-state index is 0.109. The van der Waals surface area contributed by atoms with Crippen LogP contribution in [0.2, 0.25) is 0 Å². The van der Waals surface area contributed by atoms with E-state index in [2.05, 4.69) is 27.8 Å². The summed E-state index contributed by atoms with van der Waals surface area (Å²) in [6.45, 7) is 2.83. The minimum Gasteiger partial charge on any atom is -0.336 e. The molecule has 18 heavy (non-hydrogen) atoms. The molecule has 0 bridgehead atoms. The van der Waals surface area contributed by atoms with Gasteiger partial charge in [0.15, 0.2) is 0 Å². The molecule has 0 atom stereocenters. The molecule has 0 saturated heterocycles. The van der Waals surface area contributed by atoms with Crippen LogP contribution in [0.15, 0.2) is 22.9 Å². The van der Waals surface area contributed by atoms with Gasteiger partial charge in [-0.15, -0.1) is 0 Å². The fourth-order valence-electron chi connectivity index (χ4n) is 2.65. The molecule has 2 rings (SSSR count). The molecular formula is C14H19BrN2O. The number of amides is 1. The maximum Gasteiger partial charge on any atom is 0.255 e. The standard InChI is InChI=1S/C14H19BrN2O/c1-2-17(13-6-4-3-5-7-13)14(18)11-8-12(15)10-16-9-11/h8-10,13H,2-7H2,1H3. The second kappa shape index (κ2) is 6.32. The maximum atomic E-state index is 12.5. The number of carbonyl (C=O) groups is 1. The Balaban J connectivity index is 2.14. The smallest absolute Gasteiger partial charge is 0.255 e. The fraction of sp³-hybridized carbons (Fsp3) is 0.571. The van der Waals surface area contributed by atoms with Crippen molar-refractivity contribution >= 4 is 21.8 Å². The van der Waals surface area contributed by atoms with Crippen LogP contribution in [-0.2, 0) is 0 Å². The van der Waals surface area contributed by atoms with E-state index in [0.717, 1.165) is 23.9 Å². The number of nitrogens with zero attached hydrogens (tertiary/aromatic N) is 2. The molecule has 1 fully saturated rings. The molecule has 1 aliphatic carbocycles. The second-order valence-electron chi connectivity index (χ2n) is 4.77. The first kappa shape index (κ1) is 13.5. The molecule has 98 valence electrons. The summed E-state index contributed by atoms with van der Waals surface area (Å²) in [6.07, 6.45) is 9.42. The van der Waals surface area contributed by atoms with E-state index >= 15 is 0 Å². The third kappa shape index (κ3) is 3.10. The number of carbonyl (C=O) groups excluding carboxylic acids is 1. The Morgan fingerprint density at radius 3 is 2.72 bits per heavy atom. The van der Waals surface area contributed by atoms with Crippen molar-refractivity contribution in [3.63, 3.8) is 0 Å². The van der Waals surface area contributed by atoms with Gasteiger partial charge in [-0.25, -0.2) is 0 Å². The Bertz CT molecular complexity index is 416. The summed E-state index contributed by atoms with van der Waals surface area (Å²) >= 11 is 3.36. The predicted octanol–water partition coefficient (Wildman–Crippen LogP) is 3.64. The lowest BCUT2D eigenvalue weighted by molar-refractivity contribution is 0.0647. The summed E-state index contributed by atoms with van der Waals surface area (Å²) in [5.74, 6) is 0.109. The quantitative estimate of drug-likeness (QED) is 0.854. The number of hydrogen-bond donors (Lipinski definition) is 0.